The van der Waals surface area contributed by atoms with E-state index >= 15 is 0 Å². The van der Waals surface area contributed by atoms with Crippen molar-refractivity contribution in [1.82, 2.24) is 30.0 Å². The summed E-state index contributed by atoms with van der Waals surface area (Å²) in [7, 11) is 1.66. The van der Waals surface area contributed by atoms with Crippen molar-refractivity contribution in [2.24, 2.45) is 18.7 Å². The van der Waals surface area contributed by atoms with Gasteiger partial charge in [0.2, 0.25) is 29.5 Å². The van der Waals surface area contributed by atoms with Gasteiger partial charge in [-0.05, 0) is 107 Å². The molecule has 3 aromatic rings. The van der Waals surface area contributed by atoms with Crippen molar-refractivity contribution in [2.75, 3.05) is 13.1 Å². The number of amides is 6. The Balaban J connectivity index is 1.21. The first-order valence-electron chi connectivity index (χ1n) is 19.2. The molecule has 0 spiro atoms. The molecule has 6 amide bonds. The van der Waals surface area contributed by atoms with E-state index in [1.54, 1.807) is 32.7 Å². The molecular formula is C40H51F2N7O8. The predicted molar refractivity (Wildman–Crippen MR) is 204 cm³/mol. The van der Waals surface area contributed by atoms with E-state index in [1.165, 1.54) is 15.2 Å². The van der Waals surface area contributed by atoms with Crippen LogP contribution in [0, 0.1) is 17.6 Å². The van der Waals surface area contributed by atoms with Gasteiger partial charge in [-0.3, -0.25) is 38.4 Å². The predicted octanol–water partition coefficient (Wildman–Crippen LogP) is 3.04. The first-order valence-corrected chi connectivity index (χ1v) is 19.2. The SMILES string of the molecule is Cn1c(=O)n(C2CCC(=O)NC2=O)c2ccc(CCCC3CCN(C(=O)C(Cc4ccc(F)c(F)c4)NC(=O)C(CCC(N)=O)NC(=O)OC(C)(C)C)CC3)cc21. The summed E-state index contributed by atoms with van der Waals surface area (Å²) in [5.41, 5.74) is 6.71. The monoisotopic (exact) mass is 795 g/mol. The molecule has 2 aliphatic rings. The van der Waals surface area contributed by atoms with Crippen molar-refractivity contribution in [1.29, 1.82) is 0 Å². The van der Waals surface area contributed by atoms with Crippen LogP contribution in [0.1, 0.15) is 89.3 Å². The molecule has 2 aromatic carbocycles. The van der Waals surface area contributed by atoms with Crippen LogP contribution in [0.3, 0.4) is 0 Å². The van der Waals surface area contributed by atoms with E-state index < -0.39 is 65.1 Å². The topological polar surface area (TPSA) is 204 Å². The van der Waals surface area contributed by atoms with Gasteiger partial charge in [-0.15, -0.1) is 0 Å². The molecule has 3 heterocycles. The molecular weight excluding hydrogens is 744 g/mol. The van der Waals surface area contributed by atoms with E-state index in [0.29, 0.717) is 42.9 Å². The average Bonchev–Trinajstić information content (AvgIpc) is 3.38. The summed E-state index contributed by atoms with van der Waals surface area (Å²) in [6, 6.07) is 5.71. The Morgan fingerprint density at radius 3 is 2.28 bits per heavy atom. The normalized spacial score (nSPS) is 17.5. The lowest BCUT2D eigenvalue weighted by molar-refractivity contribution is -0.138. The first kappa shape index (κ1) is 42.5. The Morgan fingerprint density at radius 1 is 0.930 bits per heavy atom. The summed E-state index contributed by atoms with van der Waals surface area (Å²) in [6.45, 7) is 5.73. The van der Waals surface area contributed by atoms with Crippen LogP contribution >= 0.6 is 0 Å². The van der Waals surface area contributed by atoms with Crippen LogP contribution in [0.4, 0.5) is 13.6 Å². The third-order valence-corrected chi connectivity index (χ3v) is 10.4. The number of ether oxygens (including phenoxy) is 1. The van der Waals surface area contributed by atoms with Gasteiger partial charge in [-0.2, -0.15) is 0 Å². The minimum Gasteiger partial charge on any atom is -0.444 e. The zero-order chi connectivity index (χ0) is 41.6. The molecule has 5 N–H and O–H groups in total. The third kappa shape index (κ3) is 11.0. The van der Waals surface area contributed by atoms with Crippen LogP contribution in [0.5, 0.6) is 0 Å². The second-order valence-electron chi connectivity index (χ2n) is 15.9. The molecule has 0 aliphatic carbocycles. The second-order valence-corrected chi connectivity index (χ2v) is 15.9. The number of imide groups is 1. The number of likely N-dealkylation sites (tertiary alicyclic amines) is 1. The second kappa shape index (κ2) is 18.1. The Kier molecular flexibility index (Phi) is 13.5. The highest BCUT2D eigenvalue weighted by Gasteiger charge is 2.34. The van der Waals surface area contributed by atoms with E-state index in [4.69, 9.17) is 10.5 Å². The molecule has 0 bridgehead atoms. The number of benzene rings is 2. The summed E-state index contributed by atoms with van der Waals surface area (Å²) in [6.07, 6.45) is 2.79. The number of hydrogen-bond donors (Lipinski definition) is 4. The molecule has 1 aromatic heterocycles. The van der Waals surface area contributed by atoms with Crippen LogP contribution in [-0.2, 0) is 48.6 Å². The van der Waals surface area contributed by atoms with Crippen LogP contribution < -0.4 is 27.4 Å². The molecule has 0 radical (unpaired) electrons. The van der Waals surface area contributed by atoms with E-state index in [9.17, 15) is 42.3 Å². The number of primary amides is 1. The van der Waals surface area contributed by atoms with Crippen molar-refractivity contribution < 1.29 is 42.3 Å². The molecule has 2 fully saturated rings. The molecule has 17 heteroatoms. The molecule has 3 atom stereocenters. The number of piperidine rings is 2. The molecule has 57 heavy (non-hydrogen) atoms. The Morgan fingerprint density at radius 2 is 1.63 bits per heavy atom. The molecule has 3 unspecified atom stereocenters. The van der Waals surface area contributed by atoms with Gasteiger partial charge in [-0.25, -0.2) is 18.4 Å². The number of nitrogens with zero attached hydrogens (tertiary/aromatic N) is 3. The van der Waals surface area contributed by atoms with Gasteiger partial charge in [0.05, 0.1) is 11.0 Å². The fourth-order valence-electron chi connectivity index (χ4n) is 7.43. The fourth-order valence-corrected chi connectivity index (χ4v) is 7.43. The fraction of sp³-hybridized carbons (Fsp3) is 0.525. The van der Waals surface area contributed by atoms with E-state index in [2.05, 4.69) is 16.0 Å². The molecule has 2 aliphatic heterocycles. The lowest BCUT2D eigenvalue weighted by Crippen LogP contribution is -2.56. The van der Waals surface area contributed by atoms with Crippen molar-refractivity contribution in [3.63, 3.8) is 0 Å². The third-order valence-electron chi connectivity index (χ3n) is 10.4. The number of nitrogens with one attached hydrogen (secondary N) is 3. The number of halogens is 2. The highest BCUT2D eigenvalue weighted by Crippen LogP contribution is 2.27. The summed E-state index contributed by atoms with van der Waals surface area (Å²) < 4.78 is 36.2. The standard InChI is InChI=1S/C40H51F2N7O8/c1-40(2,3)57-38(55)45-28(11-14-33(43)50)35(52)44-29(21-25-8-10-26(41)27(42)20-25)37(54)48-18-16-23(17-19-48)6-5-7-24-9-12-30-32(22-24)47(4)39(56)49(30)31-13-15-34(51)46-36(31)53/h8-10,12,20,22-23,28-29,31H,5-7,11,13-19,21H2,1-4H3,(H2,43,50)(H,44,52)(H,45,55)(H,46,51,53). The number of hydrogen-bond acceptors (Lipinski definition) is 8. The Bertz CT molecular complexity index is 2080. The van der Waals surface area contributed by atoms with E-state index in [1.807, 2.05) is 18.2 Å². The molecule has 2 saturated heterocycles. The molecule has 308 valence electrons. The minimum atomic E-state index is -1.28. The average molecular weight is 796 g/mol. The summed E-state index contributed by atoms with van der Waals surface area (Å²) in [5, 5.41) is 7.43. The molecule has 15 nitrogen and oxygen atoms in total. The highest BCUT2D eigenvalue weighted by atomic mass is 19.2. The maximum Gasteiger partial charge on any atom is 0.408 e. The lowest BCUT2D eigenvalue weighted by atomic mass is 9.90. The summed E-state index contributed by atoms with van der Waals surface area (Å²) in [4.78, 5) is 90.7. The van der Waals surface area contributed by atoms with E-state index in [0.717, 1.165) is 37.0 Å². The maximum atomic E-state index is 14.2. The van der Waals surface area contributed by atoms with Gasteiger partial charge in [0.25, 0.3) is 0 Å². The smallest absolute Gasteiger partial charge is 0.408 e. The number of imidazole rings is 1. The minimum absolute atomic E-state index is 0.161. The van der Waals surface area contributed by atoms with Crippen LogP contribution in [-0.4, -0.2) is 80.4 Å². The van der Waals surface area contributed by atoms with Crippen LogP contribution in [0.2, 0.25) is 0 Å². The highest BCUT2D eigenvalue weighted by molar-refractivity contribution is 6.00. The van der Waals surface area contributed by atoms with Crippen LogP contribution in [0.25, 0.3) is 11.0 Å². The van der Waals surface area contributed by atoms with Gasteiger partial charge in [0, 0.05) is 39.4 Å². The van der Waals surface area contributed by atoms with Crippen molar-refractivity contribution in [2.45, 2.75) is 109 Å². The number of rotatable bonds is 14. The quantitative estimate of drug-likeness (QED) is 0.178. The molecule has 0 saturated carbocycles. The van der Waals surface area contributed by atoms with Gasteiger partial charge in [0.15, 0.2) is 11.6 Å². The lowest BCUT2D eigenvalue weighted by Gasteiger charge is -2.35. The maximum absolute atomic E-state index is 14.2. The van der Waals surface area contributed by atoms with Gasteiger partial charge < -0.3 is 26.0 Å². The Hall–Kier alpha value is -5.61. The van der Waals surface area contributed by atoms with Gasteiger partial charge >= 0.3 is 11.8 Å². The number of fused-ring (bicyclic) bond motifs is 1. The van der Waals surface area contributed by atoms with Crippen LogP contribution in [0.15, 0.2) is 41.2 Å². The summed E-state index contributed by atoms with van der Waals surface area (Å²) in [5.74, 6) is -4.60. The first-order chi connectivity index (χ1) is 26.9. The van der Waals surface area contributed by atoms with E-state index in [-0.39, 0.29) is 49.3 Å². The van der Waals surface area contributed by atoms with Gasteiger partial charge in [-0.1, -0.05) is 12.1 Å². The number of aromatic nitrogens is 2. The van der Waals surface area contributed by atoms with Gasteiger partial charge in [0.1, 0.15) is 23.7 Å². The van der Waals surface area contributed by atoms with Crippen molar-refractivity contribution in [3.05, 3.63) is 69.6 Å². The zero-order valence-corrected chi connectivity index (χ0v) is 32.7. The number of carbonyl (C=O) groups is 6. The zero-order valence-electron chi connectivity index (χ0n) is 32.7. The molecule has 5 rings (SSSR count). The number of nitrogens with two attached hydrogens (primary N) is 1. The van der Waals surface area contributed by atoms with Crippen molar-refractivity contribution >= 4 is 46.7 Å². The number of alkyl carbamates (subject to hydrolysis) is 1. The Labute approximate surface area is 328 Å². The summed E-state index contributed by atoms with van der Waals surface area (Å²) >= 11 is 0. The van der Waals surface area contributed by atoms with Crippen molar-refractivity contribution in [3.8, 4) is 0 Å². The largest absolute Gasteiger partial charge is 0.444 e. The number of carbonyl (C=O) groups excluding carboxylic acids is 6. The number of aryl methyl sites for hydroxylation is 2.